The van der Waals surface area contributed by atoms with Crippen LogP contribution in [0.2, 0.25) is 0 Å². The SMILES string of the molecule is CN(C)CC(CC(=O)O)NC(=O)CCCCCCCS(=O)(=O)Cc1ccccc1. The Kier molecular flexibility index (Phi) is 11.5. The van der Waals surface area contributed by atoms with Crippen LogP contribution in [0.25, 0.3) is 0 Å². The molecular weight excluding hydrogens is 392 g/mol. The molecule has 8 heteroatoms. The van der Waals surface area contributed by atoms with E-state index in [2.05, 4.69) is 5.32 Å². The molecule has 0 radical (unpaired) electrons. The van der Waals surface area contributed by atoms with E-state index in [1.165, 1.54) is 0 Å². The Hall–Kier alpha value is -1.93. The Bertz CT molecular complexity index is 720. The second kappa shape index (κ2) is 13.3. The van der Waals surface area contributed by atoms with Crippen molar-refractivity contribution >= 4 is 21.7 Å². The van der Waals surface area contributed by atoms with Crippen molar-refractivity contribution in [3.05, 3.63) is 35.9 Å². The van der Waals surface area contributed by atoms with E-state index in [-0.39, 0.29) is 23.8 Å². The fraction of sp³-hybridized carbons (Fsp3) is 0.619. The maximum Gasteiger partial charge on any atom is 0.305 e. The number of carboxylic acids is 1. The number of nitrogens with zero attached hydrogens (tertiary/aromatic N) is 1. The molecule has 0 spiro atoms. The van der Waals surface area contributed by atoms with Gasteiger partial charge in [0.05, 0.1) is 24.0 Å². The van der Waals surface area contributed by atoms with E-state index in [9.17, 15) is 18.0 Å². The van der Waals surface area contributed by atoms with Gasteiger partial charge in [-0.2, -0.15) is 0 Å². The van der Waals surface area contributed by atoms with E-state index < -0.39 is 21.8 Å². The van der Waals surface area contributed by atoms with Crippen molar-refractivity contribution in [3.63, 3.8) is 0 Å². The highest BCUT2D eigenvalue weighted by Gasteiger charge is 2.16. The summed E-state index contributed by atoms with van der Waals surface area (Å²) in [4.78, 5) is 24.7. The van der Waals surface area contributed by atoms with Crippen molar-refractivity contribution in [1.29, 1.82) is 0 Å². The predicted octanol–water partition coefficient (Wildman–Crippen LogP) is 2.46. The van der Waals surface area contributed by atoms with Crippen molar-refractivity contribution in [2.24, 2.45) is 0 Å². The van der Waals surface area contributed by atoms with Gasteiger partial charge >= 0.3 is 5.97 Å². The van der Waals surface area contributed by atoms with E-state index in [0.29, 0.717) is 25.8 Å². The predicted molar refractivity (Wildman–Crippen MR) is 114 cm³/mol. The first-order chi connectivity index (χ1) is 13.7. The number of hydrogen-bond acceptors (Lipinski definition) is 5. The smallest absolute Gasteiger partial charge is 0.305 e. The largest absolute Gasteiger partial charge is 0.481 e. The van der Waals surface area contributed by atoms with Crippen LogP contribution in [0.3, 0.4) is 0 Å². The third kappa shape index (κ3) is 13.0. The Balaban J connectivity index is 2.16. The fourth-order valence-electron chi connectivity index (χ4n) is 3.15. The van der Waals surface area contributed by atoms with Crippen LogP contribution < -0.4 is 5.32 Å². The summed E-state index contributed by atoms with van der Waals surface area (Å²) in [5.74, 6) is -0.801. The second-order valence-corrected chi connectivity index (χ2v) is 9.90. The van der Waals surface area contributed by atoms with Crippen LogP contribution in [0, 0.1) is 0 Å². The van der Waals surface area contributed by atoms with Crippen molar-refractivity contribution in [3.8, 4) is 0 Å². The van der Waals surface area contributed by atoms with Crippen LogP contribution in [-0.4, -0.2) is 62.7 Å². The van der Waals surface area contributed by atoms with Crippen LogP contribution >= 0.6 is 0 Å². The number of carbonyl (C=O) groups is 2. The molecule has 2 N–H and O–H groups in total. The van der Waals surface area contributed by atoms with Crippen LogP contribution in [0.15, 0.2) is 30.3 Å². The molecule has 0 aliphatic carbocycles. The first-order valence-electron chi connectivity index (χ1n) is 10.1. The number of aliphatic carboxylic acids is 1. The number of hydrogen-bond donors (Lipinski definition) is 2. The summed E-state index contributed by atoms with van der Waals surface area (Å²) in [6.07, 6.45) is 4.15. The zero-order valence-electron chi connectivity index (χ0n) is 17.5. The van der Waals surface area contributed by atoms with Crippen LogP contribution in [0.1, 0.15) is 50.5 Å². The maximum atomic E-state index is 12.1. The minimum absolute atomic E-state index is 0.0818. The molecule has 1 rings (SSSR count). The van der Waals surface area contributed by atoms with Gasteiger partial charge in [0, 0.05) is 13.0 Å². The summed E-state index contributed by atoms with van der Waals surface area (Å²) < 4.78 is 24.3. The van der Waals surface area contributed by atoms with Gasteiger partial charge < -0.3 is 15.3 Å². The molecule has 0 saturated carbocycles. The van der Waals surface area contributed by atoms with Crippen LogP contribution in [0.4, 0.5) is 0 Å². The van der Waals surface area contributed by atoms with Crippen LogP contribution in [-0.2, 0) is 25.2 Å². The molecule has 0 aliphatic heterocycles. The minimum Gasteiger partial charge on any atom is -0.481 e. The molecule has 1 aromatic carbocycles. The summed E-state index contributed by atoms with van der Waals surface area (Å²) in [7, 11) is 0.578. The summed E-state index contributed by atoms with van der Waals surface area (Å²) in [5.41, 5.74) is 0.814. The number of rotatable bonds is 15. The first kappa shape index (κ1) is 25.1. The Morgan fingerprint density at radius 3 is 2.28 bits per heavy atom. The summed E-state index contributed by atoms with van der Waals surface area (Å²) in [5, 5.41) is 11.7. The third-order valence-electron chi connectivity index (χ3n) is 4.46. The van der Waals surface area contributed by atoms with Gasteiger partial charge in [-0.1, -0.05) is 49.6 Å². The molecule has 0 bridgehead atoms. The summed E-state index contributed by atoms with van der Waals surface area (Å²) >= 11 is 0. The molecule has 1 unspecified atom stereocenters. The lowest BCUT2D eigenvalue weighted by atomic mass is 10.1. The Morgan fingerprint density at radius 2 is 1.66 bits per heavy atom. The lowest BCUT2D eigenvalue weighted by Gasteiger charge is -2.20. The lowest BCUT2D eigenvalue weighted by Crippen LogP contribution is -2.42. The van der Waals surface area contributed by atoms with Gasteiger partial charge in [-0.3, -0.25) is 9.59 Å². The molecule has 0 fully saturated rings. The molecule has 0 saturated heterocycles. The number of amides is 1. The number of unbranched alkanes of at least 4 members (excludes halogenated alkanes) is 4. The normalized spacial score (nSPS) is 12.7. The van der Waals surface area contributed by atoms with Gasteiger partial charge in [0.15, 0.2) is 9.84 Å². The van der Waals surface area contributed by atoms with E-state index in [1.54, 1.807) is 0 Å². The third-order valence-corrected chi connectivity index (χ3v) is 6.14. The number of likely N-dealkylation sites (N-methyl/N-ethyl adjacent to an activating group) is 1. The van der Waals surface area contributed by atoms with Crippen molar-refractivity contribution in [2.75, 3.05) is 26.4 Å². The van der Waals surface area contributed by atoms with E-state index in [4.69, 9.17) is 5.11 Å². The molecule has 0 aromatic heterocycles. The first-order valence-corrected chi connectivity index (χ1v) is 11.9. The number of nitrogens with one attached hydrogen (secondary N) is 1. The monoisotopic (exact) mass is 426 g/mol. The molecule has 29 heavy (non-hydrogen) atoms. The molecule has 164 valence electrons. The second-order valence-electron chi connectivity index (χ2n) is 7.72. The van der Waals surface area contributed by atoms with Crippen molar-refractivity contribution in [2.45, 2.75) is 56.7 Å². The number of carbonyl (C=O) groups excluding carboxylic acids is 1. The van der Waals surface area contributed by atoms with E-state index >= 15 is 0 Å². The highest BCUT2D eigenvalue weighted by atomic mass is 32.2. The van der Waals surface area contributed by atoms with E-state index in [0.717, 1.165) is 24.8 Å². The average molecular weight is 427 g/mol. The van der Waals surface area contributed by atoms with Gasteiger partial charge in [0.2, 0.25) is 5.91 Å². The molecule has 1 aromatic rings. The minimum atomic E-state index is -3.09. The zero-order chi connectivity index (χ0) is 21.7. The average Bonchev–Trinajstić information content (AvgIpc) is 2.60. The Morgan fingerprint density at radius 1 is 1.03 bits per heavy atom. The van der Waals surface area contributed by atoms with Gasteiger partial charge in [0.25, 0.3) is 0 Å². The fourth-order valence-corrected chi connectivity index (χ4v) is 4.64. The maximum absolute atomic E-state index is 12.1. The summed E-state index contributed by atoms with van der Waals surface area (Å²) in [6.45, 7) is 0.482. The molecule has 7 nitrogen and oxygen atoms in total. The highest BCUT2D eigenvalue weighted by Crippen LogP contribution is 2.11. The standard InChI is InChI=1S/C21H34N2O5S/c1-23(2)16-19(15-21(25)26)22-20(24)13-9-4-3-5-10-14-29(27,28)17-18-11-7-6-8-12-18/h6-8,11-12,19H,3-5,9-10,13-17H2,1-2H3,(H,22,24)(H,25,26). The summed E-state index contributed by atoms with van der Waals surface area (Å²) in [6, 6.07) is 8.79. The molecule has 1 atom stereocenters. The molecule has 1 amide bonds. The van der Waals surface area contributed by atoms with Gasteiger partial charge in [0.1, 0.15) is 0 Å². The Labute approximate surface area is 174 Å². The lowest BCUT2D eigenvalue weighted by molar-refractivity contribution is -0.137. The number of carboxylic acid groups (broad SMARTS) is 1. The quantitative estimate of drug-likeness (QED) is 0.418. The number of sulfone groups is 1. The topological polar surface area (TPSA) is 104 Å². The zero-order valence-corrected chi connectivity index (χ0v) is 18.3. The molecule has 0 aliphatic rings. The van der Waals surface area contributed by atoms with Crippen LogP contribution in [0.5, 0.6) is 0 Å². The van der Waals surface area contributed by atoms with Crippen molar-refractivity contribution < 1.29 is 23.1 Å². The molecular formula is C21H34N2O5S. The van der Waals surface area contributed by atoms with Gasteiger partial charge in [-0.15, -0.1) is 0 Å². The number of benzene rings is 1. The van der Waals surface area contributed by atoms with E-state index in [1.807, 2.05) is 49.3 Å². The van der Waals surface area contributed by atoms with Gasteiger partial charge in [-0.25, -0.2) is 8.42 Å². The van der Waals surface area contributed by atoms with Gasteiger partial charge in [-0.05, 0) is 32.5 Å². The highest BCUT2D eigenvalue weighted by molar-refractivity contribution is 7.90. The molecule has 0 heterocycles. The van der Waals surface area contributed by atoms with Crippen molar-refractivity contribution in [1.82, 2.24) is 10.2 Å².